The lowest BCUT2D eigenvalue weighted by atomic mass is 10.2. The summed E-state index contributed by atoms with van der Waals surface area (Å²) in [5.41, 5.74) is 2.65. The molecule has 0 spiro atoms. The van der Waals surface area contributed by atoms with Gasteiger partial charge in [0.15, 0.2) is 0 Å². The van der Waals surface area contributed by atoms with Gasteiger partial charge in [-0.3, -0.25) is 4.98 Å². The SMILES string of the molecule is N#Cc1cc(F)cc(NCc2cncs2)c1. The Bertz CT molecular complexity index is 517. The maximum Gasteiger partial charge on any atom is 0.126 e. The number of nitrogens with zero attached hydrogens (tertiary/aromatic N) is 2. The molecule has 0 saturated heterocycles. The average Bonchev–Trinajstić information content (AvgIpc) is 2.78. The highest BCUT2D eigenvalue weighted by atomic mass is 32.1. The fraction of sp³-hybridized carbons (Fsp3) is 0.0909. The molecule has 1 aromatic carbocycles. The van der Waals surface area contributed by atoms with Crippen LogP contribution < -0.4 is 5.32 Å². The van der Waals surface area contributed by atoms with Gasteiger partial charge in [0.1, 0.15) is 5.82 Å². The second-order valence-electron chi connectivity index (χ2n) is 3.16. The van der Waals surface area contributed by atoms with Crippen molar-refractivity contribution in [3.8, 4) is 6.07 Å². The van der Waals surface area contributed by atoms with Crippen molar-refractivity contribution in [2.45, 2.75) is 6.54 Å². The summed E-state index contributed by atoms with van der Waals surface area (Å²) in [6, 6.07) is 6.10. The van der Waals surface area contributed by atoms with Crippen LogP contribution in [0.4, 0.5) is 10.1 Å². The molecule has 5 heteroatoms. The molecule has 1 N–H and O–H groups in total. The molecule has 2 rings (SSSR count). The molecule has 80 valence electrons. The average molecular weight is 233 g/mol. The van der Waals surface area contributed by atoms with E-state index < -0.39 is 5.82 Å². The van der Waals surface area contributed by atoms with Crippen molar-refractivity contribution in [3.63, 3.8) is 0 Å². The standard InChI is InChI=1S/C11H8FN3S/c12-9-1-8(4-13)2-10(3-9)15-6-11-5-14-7-16-11/h1-3,5,7,15H,6H2. The largest absolute Gasteiger partial charge is 0.380 e. The van der Waals surface area contributed by atoms with Gasteiger partial charge in [0, 0.05) is 16.8 Å². The third kappa shape index (κ3) is 2.55. The molecule has 0 unspecified atom stereocenters. The van der Waals surface area contributed by atoms with Crippen molar-refractivity contribution < 1.29 is 4.39 Å². The maximum atomic E-state index is 13.1. The lowest BCUT2D eigenvalue weighted by molar-refractivity contribution is 0.627. The zero-order valence-corrected chi connectivity index (χ0v) is 9.09. The summed E-state index contributed by atoms with van der Waals surface area (Å²) in [7, 11) is 0. The number of nitrogens with one attached hydrogen (secondary N) is 1. The number of halogens is 1. The third-order valence-corrected chi connectivity index (χ3v) is 2.76. The molecule has 2 aromatic rings. The molecule has 0 aliphatic carbocycles. The van der Waals surface area contributed by atoms with E-state index in [1.807, 2.05) is 6.07 Å². The normalized spacial score (nSPS) is 9.75. The van der Waals surface area contributed by atoms with E-state index in [4.69, 9.17) is 5.26 Å². The van der Waals surface area contributed by atoms with Crippen LogP contribution in [0.25, 0.3) is 0 Å². The van der Waals surface area contributed by atoms with Gasteiger partial charge < -0.3 is 5.32 Å². The summed E-state index contributed by atoms with van der Waals surface area (Å²) in [6.07, 6.45) is 1.75. The number of thiazole rings is 1. The van der Waals surface area contributed by atoms with Crippen molar-refractivity contribution in [1.29, 1.82) is 5.26 Å². The predicted molar refractivity (Wildman–Crippen MR) is 60.6 cm³/mol. The molecule has 16 heavy (non-hydrogen) atoms. The molecule has 0 amide bonds. The first-order valence-corrected chi connectivity index (χ1v) is 5.48. The van der Waals surface area contributed by atoms with Crippen LogP contribution in [0.3, 0.4) is 0 Å². The van der Waals surface area contributed by atoms with E-state index in [1.165, 1.54) is 23.5 Å². The fourth-order valence-corrected chi connectivity index (χ4v) is 1.81. The smallest absolute Gasteiger partial charge is 0.126 e. The summed E-state index contributed by atoms with van der Waals surface area (Å²) < 4.78 is 13.1. The Morgan fingerprint density at radius 1 is 1.44 bits per heavy atom. The minimum Gasteiger partial charge on any atom is -0.380 e. The zero-order chi connectivity index (χ0) is 11.4. The molecular formula is C11H8FN3S. The van der Waals surface area contributed by atoms with E-state index in [2.05, 4.69) is 10.3 Å². The van der Waals surface area contributed by atoms with Crippen molar-refractivity contribution in [2.24, 2.45) is 0 Å². The molecule has 0 aliphatic heterocycles. The van der Waals surface area contributed by atoms with Crippen molar-refractivity contribution in [3.05, 3.63) is 46.2 Å². The molecule has 0 saturated carbocycles. The van der Waals surface area contributed by atoms with E-state index in [0.29, 0.717) is 17.8 Å². The number of anilines is 1. The van der Waals surface area contributed by atoms with E-state index in [9.17, 15) is 4.39 Å². The summed E-state index contributed by atoms with van der Waals surface area (Å²) in [5, 5.41) is 11.7. The molecular weight excluding hydrogens is 225 g/mol. The lowest BCUT2D eigenvalue weighted by Gasteiger charge is -2.04. The number of hydrogen-bond donors (Lipinski definition) is 1. The quantitative estimate of drug-likeness (QED) is 0.886. The molecule has 0 atom stereocenters. The fourth-order valence-electron chi connectivity index (χ4n) is 1.27. The molecule has 0 bridgehead atoms. The lowest BCUT2D eigenvalue weighted by Crippen LogP contribution is -1.98. The highest BCUT2D eigenvalue weighted by Crippen LogP contribution is 2.15. The van der Waals surface area contributed by atoms with Crippen LogP contribution in [0.5, 0.6) is 0 Å². The summed E-state index contributed by atoms with van der Waals surface area (Å²) in [4.78, 5) is 5.00. The van der Waals surface area contributed by atoms with Gasteiger partial charge >= 0.3 is 0 Å². The Balaban J connectivity index is 2.10. The number of benzene rings is 1. The van der Waals surface area contributed by atoms with Crippen LogP contribution in [0.1, 0.15) is 10.4 Å². The summed E-state index contributed by atoms with van der Waals surface area (Å²) in [5.74, 6) is -0.411. The van der Waals surface area contributed by atoms with Crippen LogP contribution in [0, 0.1) is 17.1 Å². The molecule has 3 nitrogen and oxygen atoms in total. The van der Waals surface area contributed by atoms with E-state index in [0.717, 1.165) is 4.88 Å². The summed E-state index contributed by atoms with van der Waals surface area (Å²) >= 11 is 1.52. The first-order chi connectivity index (χ1) is 7.78. The topological polar surface area (TPSA) is 48.7 Å². The predicted octanol–water partition coefficient (Wildman–Crippen LogP) is 2.77. The first-order valence-electron chi connectivity index (χ1n) is 4.60. The minimum atomic E-state index is -0.411. The van der Waals surface area contributed by atoms with Crippen molar-refractivity contribution in [2.75, 3.05) is 5.32 Å². The van der Waals surface area contributed by atoms with E-state index in [-0.39, 0.29) is 0 Å². The number of aromatic nitrogens is 1. The van der Waals surface area contributed by atoms with E-state index in [1.54, 1.807) is 17.8 Å². The Morgan fingerprint density at radius 2 is 2.31 bits per heavy atom. The highest BCUT2D eigenvalue weighted by Gasteiger charge is 2.00. The number of hydrogen-bond acceptors (Lipinski definition) is 4. The molecule has 0 aliphatic rings. The second kappa shape index (κ2) is 4.73. The second-order valence-corrected chi connectivity index (χ2v) is 4.13. The Labute approximate surface area is 96.2 Å². The zero-order valence-electron chi connectivity index (χ0n) is 8.27. The van der Waals surface area contributed by atoms with Crippen LogP contribution in [-0.2, 0) is 6.54 Å². The Hall–Kier alpha value is -1.93. The van der Waals surface area contributed by atoms with Gasteiger partial charge in [0.25, 0.3) is 0 Å². The van der Waals surface area contributed by atoms with Crippen LogP contribution in [0.15, 0.2) is 29.9 Å². The van der Waals surface area contributed by atoms with Gasteiger partial charge in [-0.25, -0.2) is 4.39 Å². The van der Waals surface area contributed by atoms with Gasteiger partial charge in [-0.2, -0.15) is 5.26 Å². The van der Waals surface area contributed by atoms with E-state index >= 15 is 0 Å². The van der Waals surface area contributed by atoms with Gasteiger partial charge in [0.2, 0.25) is 0 Å². The van der Waals surface area contributed by atoms with Gasteiger partial charge in [0.05, 0.1) is 23.7 Å². The summed E-state index contributed by atoms with van der Waals surface area (Å²) in [6.45, 7) is 0.582. The first kappa shape index (κ1) is 10.6. The van der Waals surface area contributed by atoms with Gasteiger partial charge in [-0.15, -0.1) is 11.3 Å². The Kier molecular flexibility index (Phi) is 3.13. The monoisotopic (exact) mass is 233 g/mol. The van der Waals surface area contributed by atoms with Crippen LogP contribution >= 0.6 is 11.3 Å². The molecule has 1 aromatic heterocycles. The van der Waals surface area contributed by atoms with Gasteiger partial charge in [-0.05, 0) is 18.2 Å². The van der Waals surface area contributed by atoms with Crippen molar-refractivity contribution in [1.82, 2.24) is 4.98 Å². The van der Waals surface area contributed by atoms with Gasteiger partial charge in [-0.1, -0.05) is 0 Å². The van der Waals surface area contributed by atoms with Crippen molar-refractivity contribution >= 4 is 17.0 Å². The maximum absolute atomic E-state index is 13.1. The molecule has 0 fully saturated rings. The molecule has 0 radical (unpaired) electrons. The van der Waals surface area contributed by atoms with Crippen LogP contribution in [0.2, 0.25) is 0 Å². The minimum absolute atomic E-state index is 0.312. The van der Waals surface area contributed by atoms with Crippen LogP contribution in [-0.4, -0.2) is 4.98 Å². The third-order valence-electron chi connectivity index (χ3n) is 1.98. The number of rotatable bonds is 3. The number of nitriles is 1. The Morgan fingerprint density at radius 3 is 3.00 bits per heavy atom. The highest BCUT2D eigenvalue weighted by molar-refractivity contribution is 7.09. The molecule has 1 heterocycles.